The van der Waals surface area contributed by atoms with Crippen LogP contribution in [0.3, 0.4) is 0 Å². The molecule has 4 rings (SSSR count). The first-order valence-corrected chi connectivity index (χ1v) is 15.7. The molecule has 0 saturated heterocycles. The topological polar surface area (TPSA) is 63.6 Å². The van der Waals surface area contributed by atoms with Crippen molar-refractivity contribution in [2.24, 2.45) is 46.3 Å². The first-order chi connectivity index (χ1) is 15.3. The van der Waals surface area contributed by atoms with Gasteiger partial charge in [-0.1, -0.05) is 53.9 Å². The Morgan fingerprint density at radius 3 is 2.33 bits per heavy atom. The molecule has 4 nitrogen and oxygen atoms in total. The molecular formula is C28H50O4S. The maximum atomic E-state index is 11.9. The number of hydrogen-bond acceptors (Lipinski definition) is 4. The van der Waals surface area contributed by atoms with Crippen LogP contribution in [0, 0.1) is 46.3 Å². The van der Waals surface area contributed by atoms with E-state index in [4.69, 9.17) is 4.18 Å². The fraction of sp³-hybridized carbons (Fsp3) is 1.00. The molecule has 9 atom stereocenters. The van der Waals surface area contributed by atoms with E-state index in [2.05, 4.69) is 34.6 Å². The van der Waals surface area contributed by atoms with Gasteiger partial charge in [0.25, 0.3) is 10.1 Å². The SMILES string of the molecule is CC(C)CCC[C@@H](C)[C@@H]1CC[C@@H]2[C@@H]3CC[C@@]4(O)C[C@H](OS(C)(=O)=O)CC[C@]4(C)[C@@H]3CC[C@]21C. The lowest BCUT2D eigenvalue weighted by Gasteiger charge is -2.64. The third kappa shape index (κ3) is 4.69. The molecule has 0 aromatic heterocycles. The van der Waals surface area contributed by atoms with Gasteiger partial charge in [-0.3, -0.25) is 4.18 Å². The second-order valence-electron chi connectivity index (χ2n) is 13.6. The summed E-state index contributed by atoms with van der Waals surface area (Å²) in [6, 6.07) is 0. The smallest absolute Gasteiger partial charge is 0.264 e. The van der Waals surface area contributed by atoms with Crippen LogP contribution < -0.4 is 0 Å². The standard InChI is InChI=1S/C28H50O4S/c1-19(2)8-7-9-20(3)23-10-11-24-22-13-17-28(29)18-21(32-33(6,30)31)12-16-27(28,5)25(22)14-15-26(23,24)4/h19-25,29H,7-18H2,1-6H3/t20-,21-,22+,23+,24-,25-,26+,27-,28-/m1/s1. The van der Waals surface area contributed by atoms with Crippen molar-refractivity contribution in [2.75, 3.05) is 6.26 Å². The molecule has 0 radical (unpaired) electrons. The first-order valence-electron chi connectivity index (χ1n) is 13.9. The van der Waals surface area contributed by atoms with Crippen molar-refractivity contribution >= 4 is 10.1 Å². The van der Waals surface area contributed by atoms with Crippen molar-refractivity contribution in [3.8, 4) is 0 Å². The molecule has 0 heterocycles. The molecule has 4 aliphatic rings. The average Bonchev–Trinajstić information content (AvgIpc) is 3.04. The number of fused-ring (bicyclic) bond motifs is 5. The summed E-state index contributed by atoms with van der Waals surface area (Å²) in [4.78, 5) is 0. The molecule has 0 amide bonds. The van der Waals surface area contributed by atoms with Crippen molar-refractivity contribution in [1.29, 1.82) is 0 Å². The van der Waals surface area contributed by atoms with Crippen molar-refractivity contribution in [3.63, 3.8) is 0 Å². The average molecular weight is 483 g/mol. The molecule has 0 aliphatic heterocycles. The van der Waals surface area contributed by atoms with E-state index in [0.717, 1.165) is 55.6 Å². The van der Waals surface area contributed by atoms with Gasteiger partial charge in [-0.25, -0.2) is 0 Å². The summed E-state index contributed by atoms with van der Waals surface area (Å²) in [6.45, 7) is 12.1. The molecule has 0 bridgehead atoms. The molecule has 0 unspecified atom stereocenters. The van der Waals surface area contributed by atoms with Gasteiger partial charge in [-0.15, -0.1) is 0 Å². The minimum atomic E-state index is -3.49. The quantitative estimate of drug-likeness (QED) is 0.417. The normalized spacial score (nSPS) is 46.5. The molecule has 4 fully saturated rings. The highest BCUT2D eigenvalue weighted by atomic mass is 32.2. The van der Waals surface area contributed by atoms with E-state index in [-0.39, 0.29) is 11.5 Å². The highest BCUT2D eigenvalue weighted by Gasteiger charge is 2.64. The summed E-state index contributed by atoms with van der Waals surface area (Å²) in [5.74, 6) is 4.54. The van der Waals surface area contributed by atoms with E-state index in [0.29, 0.717) is 23.7 Å². The lowest BCUT2D eigenvalue weighted by atomic mass is 9.43. The number of hydrogen-bond donors (Lipinski definition) is 1. The Morgan fingerprint density at radius 1 is 0.939 bits per heavy atom. The van der Waals surface area contributed by atoms with Gasteiger partial charge >= 0.3 is 0 Å². The van der Waals surface area contributed by atoms with Gasteiger partial charge in [0.2, 0.25) is 0 Å². The number of aliphatic hydroxyl groups is 1. The molecule has 4 saturated carbocycles. The molecule has 0 aromatic carbocycles. The van der Waals surface area contributed by atoms with Crippen LogP contribution in [0.2, 0.25) is 0 Å². The van der Waals surface area contributed by atoms with Gasteiger partial charge < -0.3 is 5.11 Å². The van der Waals surface area contributed by atoms with Crippen LogP contribution >= 0.6 is 0 Å². The summed E-state index contributed by atoms with van der Waals surface area (Å²) < 4.78 is 28.8. The fourth-order valence-corrected chi connectivity index (χ4v) is 10.2. The molecule has 1 N–H and O–H groups in total. The zero-order valence-corrected chi connectivity index (χ0v) is 22.9. The highest BCUT2D eigenvalue weighted by Crippen LogP contribution is 2.69. The van der Waals surface area contributed by atoms with Crippen LogP contribution in [-0.2, 0) is 14.3 Å². The van der Waals surface area contributed by atoms with Crippen LogP contribution in [0.25, 0.3) is 0 Å². The lowest BCUT2D eigenvalue weighted by Crippen LogP contribution is -2.63. The predicted molar refractivity (Wildman–Crippen MR) is 134 cm³/mol. The van der Waals surface area contributed by atoms with Gasteiger partial charge in [0, 0.05) is 6.42 Å². The maximum Gasteiger partial charge on any atom is 0.264 e. The Kier molecular flexibility index (Phi) is 7.13. The molecule has 5 heteroatoms. The summed E-state index contributed by atoms with van der Waals surface area (Å²) in [5.41, 5.74) is -0.450. The monoisotopic (exact) mass is 482 g/mol. The van der Waals surface area contributed by atoms with Crippen LogP contribution in [0.4, 0.5) is 0 Å². The second kappa shape index (κ2) is 9.07. The molecule has 192 valence electrons. The minimum absolute atomic E-state index is 0.115. The highest BCUT2D eigenvalue weighted by molar-refractivity contribution is 7.86. The summed E-state index contributed by atoms with van der Waals surface area (Å²) >= 11 is 0. The van der Waals surface area contributed by atoms with Crippen LogP contribution in [0.5, 0.6) is 0 Å². The molecule has 4 aliphatic carbocycles. The minimum Gasteiger partial charge on any atom is -0.389 e. The van der Waals surface area contributed by atoms with Crippen LogP contribution in [0.15, 0.2) is 0 Å². The van der Waals surface area contributed by atoms with Gasteiger partial charge in [0.05, 0.1) is 18.0 Å². The third-order valence-corrected chi connectivity index (χ3v) is 11.9. The van der Waals surface area contributed by atoms with Gasteiger partial charge in [0.15, 0.2) is 0 Å². The van der Waals surface area contributed by atoms with Gasteiger partial charge in [0.1, 0.15) is 0 Å². The molecule has 0 spiro atoms. The Labute approximate surface area is 203 Å². The van der Waals surface area contributed by atoms with Crippen molar-refractivity contribution in [3.05, 3.63) is 0 Å². The van der Waals surface area contributed by atoms with Crippen LogP contribution in [-0.4, -0.2) is 31.5 Å². The zero-order chi connectivity index (χ0) is 24.2. The summed E-state index contributed by atoms with van der Waals surface area (Å²) in [6.07, 6.45) is 14.1. The lowest BCUT2D eigenvalue weighted by molar-refractivity contribution is -0.217. The van der Waals surface area contributed by atoms with E-state index >= 15 is 0 Å². The first kappa shape index (κ1) is 25.9. The van der Waals surface area contributed by atoms with Gasteiger partial charge in [-0.2, -0.15) is 8.42 Å². The Hall–Kier alpha value is -0.130. The van der Waals surface area contributed by atoms with E-state index in [1.54, 1.807) is 0 Å². The van der Waals surface area contributed by atoms with Crippen molar-refractivity contribution in [2.45, 2.75) is 123 Å². The van der Waals surface area contributed by atoms with Crippen molar-refractivity contribution < 1.29 is 17.7 Å². The van der Waals surface area contributed by atoms with E-state index in [9.17, 15) is 13.5 Å². The zero-order valence-electron chi connectivity index (χ0n) is 22.1. The van der Waals surface area contributed by atoms with E-state index in [1.165, 1.54) is 44.9 Å². The largest absolute Gasteiger partial charge is 0.389 e. The second-order valence-corrected chi connectivity index (χ2v) is 15.2. The van der Waals surface area contributed by atoms with E-state index in [1.807, 2.05) is 0 Å². The Morgan fingerprint density at radius 2 is 1.67 bits per heavy atom. The predicted octanol–water partition coefficient (Wildman–Crippen LogP) is 6.57. The fourth-order valence-electron chi connectivity index (χ4n) is 9.56. The summed E-state index contributed by atoms with van der Waals surface area (Å²) in [5, 5.41) is 11.9. The van der Waals surface area contributed by atoms with E-state index < -0.39 is 15.7 Å². The molecule has 33 heavy (non-hydrogen) atoms. The van der Waals surface area contributed by atoms with Gasteiger partial charge in [-0.05, 0) is 97.7 Å². The maximum absolute atomic E-state index is 11.9. The Bertz CT molecular complexity index is 809. The van der Waals surface area contributed by atoms with Crippen molar-refractivity contribution in [1.82, 2.24) is 0 Å². The molecule has 0 aromatic rings. The third-order valence-electron chi connectivity index (χ3n) is 11.3. The Balaban J connectivity index is 1.47. The van der Waals surface area contributed by atoms with Crippen LogP contribution in [0.1, 0.15) is 112 Å². The molecular weight excluding hydrogens is 432 g/mol. The summed E-state index contributed by atoms with van der Waals surface area (Å²) in [7, 11) is -3.49. The number of rotatable bonds is 7.